The summed E-state index contributed by atoms with van der Waals surface area (Å²) in [5.41, 5.74) is 0.453. The molecule has 0 aliphatic carbocycles. The van der Waals surface area contributed by atoms with Gasteiger partial charge >= 0.3 is 0 Å². The Kier molecular flexibility index (Phi) is 6.50. The first-order valence-electron chi connectivity index (χ1n) is 7.53. The molecule has 0 aromatic carbocycles. The predicted molar refractivity (Wildman–Crippen MR) is 76.4 cm³/mol. The summed E-state index contributed by atoms with van der Waals surface area (Å²) in [6, 6.07) is 1.31. The average molecular weight is 240 g/mol. The van der Waals surface area contributed by atoms with Crippen molar-refractivity contribution < 1.29 is 0 Å². The summed E-state index contributed by atoms with van der Waals surface area (Å²) in [6.07, 6.45) is 8.07. The molecule has 0 aromatic rings. The highest BCUT2D eigenvalue weighted by Gasteiger charge is 2.31. The van der Waals surface area contributed by atoms with Crippen molar-refractivity contribution in [2.75, 3.05) is 13.1 Å². The molecule has 102 valence electrons. The zero-order chi connectivity index (χ0) is 12.7. The Morgan fingerprint density at radius 1 is 1.35 bits per heavy atom. The third-order valence-corrected chi connectivity index (χ3v) is 4.24. The van der Waals surface area contributed by atoms with Crippen molar-refractivity contribution in [1.29, 1.82) is 0 Å². The van der Waals surface area contributed by atoms with E-state index < -0.39 is 0 Å². The summed E-state index contributed by atoms with van der Waals surface area (Å²) >= 11 is 0. The van der Waals surface area contributed by atoms with Crippen molar-refractivity contribution in [2.24, 2.45) is 5.41 Å². The lowest BCUT2D eigenvalue weighted by Crippen LogP contribution is -2.53. The van der Waals surface area contributed by atoms with Gasteiger partial charge in [0.25, 0.3) is 0 Å². The van der Waals surface area contributed by atoms with Crippen LogP contribution in [-0.4, -0.2) is 25.2 Å². The smallest absolute Gasteiger partial charge is 0.0243 e. The van der Waals surface area contributed by atoms with Crippen LogP contribution in [0.2, 0.25) is 0 Å². The maximum atomic E-state index is 3.70. The predicted octanol–water partition coefficient (Wildman–Crippen LogP) is 3.32. The molecule has 0 amide bonds. The molecule has 1 saturated heterocycles. The van der Waals surface area contributed by atoms with E-state index in [1.807, 2.05) is 0 Å². The van der Waals surface area contributed by atoms with E-state index in [9.17, 15) is 0 Å². The van der Waals surface area contributed by atoms with E-state index in [4.69, 9.17) is 0 Å². The summed E-state index contributed by atoms with van der Waals surface area (Å²) in [5, 5.41) is 7.37. The van der Waals surface area contributed by atoms with Gasteiger partial charge in [0.1, 0.15) is 0 Å². The topological polar surface area (TPSA) is 24.1 Å². The molecule has 2 heteroatoms. The standard InChI is InChI=1S/C15H32N2/c1-5-6-7-9-13(2)17-12-14-15(3,4)10-8-11-16-14/h13-14,16-17H,5-12H2,1-4H3. The fourth-order valence-corrected chi connectivity index (χ4v) is 2.74. The molecule has 0 aromatic heterocycles. The van der Waals surface area contributed by atoms with E-state index >= 15 is 0 Å². The van der Waals surface area contributed by atoms with Gasteiger partial charge in [0, 0.05) is 18.6 Å². The lowest BCUT2D eigenvalue weighted by molar-refractivity contribution is 0.173. The van der Waals surface area contributed by atoms with Gasteiger partial charge in [-0.05, 0) is 38.1 Å². The van der Waals surface area contributed by atoms with Crippen molar-refractivity contribution in [1.82, 2.24) is 10.6 Å². The highest BCUT2D eigenvalue weighted by Crippen LogP contribution is 2.29. The zero-order valence-corrected chi connectivity index (χ0v) is 12.3. The quantitative estimate of drug-likeness (QED) is 0.667. The summed E-state index contributed by atoms with van der Waals surface area (Å²) in [7, 11) is 0. The molecule has 0 saturated carbocycles. The molecular formula is C15H32N2. The SMILES string of the molecule is CCCCCC(C)NCC1NCCCC1(C)C. The van der Waals surface area contributed by atoms with Crippen LogP contribution >= 0.6 is 0 Å². The Morgan fingerprint density at radius 3 is 2.76 bits per heavy atom. The minimum absolute atomic E-state index is 0.453. The van der Waals surface area contributed by atoms with E-state index in [1.165, 1.54) is 45.1 Å². The minimum Gasteiger partial charge on any atom is -0.313 e. The molecule has 2 nitrogen and oxygen atoms in total. The number of rotatable bonds is 7. The van der Waals surface area contributed by atoms with Crippen LogP contribution in [0.1, 0.15) is 66.2 Å². The second-order valence-electron chi connectivity index (χ2n) is 6.40. The zero-order valence-electron chi connectivity index (χ0n) is 12.3. The first-order chi connectivity index (χ1) is 8.06. The Labute approximate surface area is 108 Å². The van der Waals surface area contributed by atoms with Crippen LogP contribution in [0.15, 0.2) is 0 Å². The molecule has 1 aliphatic rings. The second-order valence-corrected chi connectivity index (χ2v) is 6.40. The van der Waals surface area contributed by atoms with Gasteiger partial charge in [0.15, 0.2) is 0 Å². The number of nitrogens with one attached hydrogen (secondary N) is 2. The van der Waals surface area contributed by atoms with Gasteiger partial charge in [-0.1, -0.05) is 40.0 Å². The maximum absolute atomic E-state index is 3.70. The number of hydrogen-bond donors (Lipinski definition) is 2. The van der Waals surface area contributed by atoms with E-state index in [1.54, 1.807) is 0 Å². The molecule has 1 aliphatic heterocycles. The second kappa shape index (κ2) is 7.38. The van der Waals surface area contributed by atoms with Crippen LogP contribution < -0.4 is 10.6 Å². The van der Waals surface area contributed by atoms with E-state index in [0.717, 1.165) is 6.54 Å². The highest BCUT2D eigenvalue weighted by molar-refractivity contribution is 4.89. The van der Waals surface area contributed by atoms with E-state index in [0.29, 0.717) is 17.5 Å². The van der Waals surface area contributed by atoms with Gasteiger partial charge in [-0.15, -0.1) is 0 Å². The van der Waals surface area contributed by atoms with E-state index in [2.05, 4.69) is 38.3 Å². The third kappa shape index (κ3) is 5.39. The van der Waals surface area contributed by atoms with Gasteiger partial charge in [0.05, 0.1) is 0 Å². The first kappa shape index (κ1) is 15.0. The third-order valence-electron chi connectivity index (χ3n) is 4.24. The van der Waals surface area contributed by atoms with Crippen LogP contribution in [0, 0.1) is 5.41 Å². The van der Waals surface area contributed by atoms with Crippen LogP contribution in [0.3, 0.4) is 0 Å². The van der Waals surface area contributed by atoms with Crippen LogP contribution in [0.4, 0.5) is 0 Å². The average Bonchev–Trinajstić information content (AvgIpc) is 2.27. The fraction of sp³-hybridized carbons (Fsp3) is 1.00. The molecular weight excluding hydrogens is 208 g/mol. The molecule has 0 radical (unpaired) electrons. The summed E-state index contributed by atoms with van der Waals surface area (Å²) in [5.74, 6) is 0. The minimum atomic E-state index is 0.453. The van der Waals surface area contributed by atoms with Gasteiger partial charge in [-0.25, -0.2) is 0 Å². The van der Waals surface area contributed by atoms with Gasteiger partial charge in [-0.2, -0.15) is 0 Å². The molecule has 17 heavy (non-hydrogen) atoms. The van der Waals surface area contributed by atoms with Gasteiger partial charge < -0.3 is 10.6 Å². The van der Waals surface area contributed by atoms with Crippen LogP contribution in [-0.2, 0) is 0 Å². The Bertz CT molecular complexity index is 201. The summed E-state index contributed by atoms with van der Waals surface area (Å²) in [4.78, 5) is 0. The normalized spacial score (nSPS) is 25.8. The molecule has 0 spiro atoms. The highest BCUT2D eigenvalue weighted by atomic mass is 15.0. The number of piperidine rings is 1. The van der Waals surface area contributed by atoms with Crippen molar-refractivity contribution in [2.45, 2.75) is 78.3 Å². The van der Waals surface area contributed by atoms with Crippen molar-refractivity contribution in [3.63, 3.8) is 0 Å². The first-order valence-corrected chi connectivity index (χ1v) is 7.53. The number of hydrogen-bond acceptors (Lipinski definition) is 2. The lowest BCUT2D eigenvalue weighted by atomic mass is 9.77. The summed E-state index contributed by atoms with van der Waals surface area (Å²) in [6.45, 7) is 11.7. The van der Waals surface area contributed by atoms with Crippen molar-refractivity contribution >= 4 is 0 Å². The summed E-state index contributed by atoms with van der Waals surface area (Å²) < 4.78 is 0. The van der Waals surface area contributed by atoms with Crippen LogP contribution in [0.5, 0.6) is 0 Å². The molecule has 2 N–H and O–H groups in total. The molecule has 1 rings (SSSR count). The Morgan fingerprint density at radius 2 is 2.12 bits per heavy atom. The monoisotopic (exact) mass is 240 g/mol. The lowest BCUT2D eigenvalue weighted by Gasteiger charge is -2.40. The maximum Gasteiger partial charge on any atom is 0.0243 e. The molecule has 2 unspecified atom stereocenters. The molecule has 0 bridgehead atoms. The van der Waals surface area contributed by atoms with E-state index in [-0.39, 0.29) is 0 Å². The van der Waals surface area contributed by atoms with Crippen molar-refractivity contribution in [3.05, 3.63) is 0 Å². The Balaban J connectivity index is 2.19. The molecule has 2 atom stereocenters. The van der Waals surface area contributed by atoms with Crippen LogP contribution in [0.25, 0.3) is 0 Å². The molecule has 1 heterocycles. The Hall–Kier alpha value is -0.0800. The molecule has 1 fully saturated rings. The number of unbranched alkanes of at least 4 members (excludes halogenated alkanes) is 2. The van der Waals surface area contributed by atoms with Gasteiger partial charge in [-0.3, -0.25) is 0 Å². The fourth-order valence-electron chi connectivity index (χ4n) is 2.74. The van der Waals surface area contributed by atoms with Crippen molar-refractivity contribution in [3.8, 4) is 0 Å². The largest absolute Gasteiger partial charge is 0.313 e. The van der Waals surface area contributed by atoms with Gasteiger partial charge in [0.2, 0.25) is 0 Å².